The predicted molar refractivity (Wildman–Crippen MR) is 56.1 cm³/mol. The monoisotopic (exact) mass is 198 g/mol. The van der Waals surface area contributed by atoms with Crippen LogP contribution in [0.2, 0.25) is 0 Å². The van der Waals surface area contributed by atoms with Crippen molar-refractivity contribution >= 4 is 0 Å². The molecular formula is C12H22O2. The van der Waals surface area contributed by atoms with E-state index in [1.165, 1.54) is 38.5 Å². The lowest BCUT2D eigenvalue weighted by Gasteiger charge is -2.32. The van der Waals surface area contributed by atoms with E-state index in [-0.39, 0.29) is 0 Å². The Labute approximate surface area is 86.6 Å². The molecule has 2 fully saturated rings. The molecule has 1 aliphatic carbocycles. The maximum absolute atomic E-state index is 9.50. The first-order valence-corrected chi connectivity index (χ1v) is 6.10. The van der Waals surface area contributed by atoms with Crippen LogP contribution >= 0.6 is 0 Å². The van der Waals surface area contributed by atoms with Crippen molar-refractivity contribution in [3.05, 3.63) is 0 Å². The maximum Gasteiger partial charge on any atom is 0.0468 e. The minimum atomic E-state index is 0.398. The summed E-state index contributed by atoms with van der Waals surface area (Å²) in [5.41, 5.74) is 0. The second-order valence-electron chi connectivity index (χ2n) is 4.84. The molecule has 2 nitrogen and oxygen atoms in total. The molecule has 0 aromatic carbocycles. The van der Waals surface area contributed by atoms with Gasteiger partial charge in [-0.15, -0.1) is 0 Å². The van der Waals surface area contributed by atoms with Gasteiger partial charge in [-0.05, 0) is 30.6 Å². The summed E-state index contributed by atoms with van der Waals surface area (Å²) in [7, 11) is 0. The van der Waals surface area contributed by atoms with Gasteiger partial charge in [0, 0.05) is 19.8 Å². The molecule has 0 aromatic heterocycles. The Balaban J connectivity index is 1.89. The zero-order chi connectivity index (χ0) is 9.80. The minimum absolute atomic E-state index is 0.398. The van der Waals surface area contributed by atoms with E-state index < -0.39 is 0 Å². The van der Waals surface area contributed by atoms with Crippen LogP contribution < -0.4 is 0 Å². The van der Waals surface area contributed by atoms with Crippen LogP contribution in [-0.4, -0.2) is 24.9 Å². The highest BCUT2D eigenvalue weighted by Gasteiger charge is 2.31. The highest BCUT2D eigenvalue weighted by atomic mass is 16.5. The molecule has 2 aliphatic rings. The van der Waals surface area contributed by atoms with Gasteiger partial charge < -0.3 is 9.84 Å². The molecule has 1 saturated carbocycles. The summed E-state index contributed by atoms with van der Waals surface area (Å²) in [6, 6.07) is 0. The van der Waals surface area contributed by atoms with E-state index in [4.69, 9.17) is 4.74 Å². The van der Waals surface area contributed by atoms with Crippen molar-refractivity contribution in [1.29, 1.82) is 0 Å². The molecule has 1 atom stereocenters. The van der Waals surface area contributed by atoms with Crippen molar-refractivity contribution in [2.24, 2.45) is 17.8 Å². The molecule has 1 N–H and O–H groups in total. The topological polar surface area (TPSA) is 29.5 Å². The smallest absolute Gasteiger partial charge is 0.0468 e. The molecule has 0 amide bonds. The Morgan fingerprint density at radius 3 is 2.14 bits per heavy atom. The largest absolute Gasteiger partial charge is 0.396 e. The van der Waals surface area contributed by atoms with E-state index in [1.807, 2.05) is 0 Å². The Kier molecular flexibility index (Phi) is 3.82. The molecule has 1 unspecified atom stereocenters. The Morgan fingerprint density at radius 2 is 1.57 bits per heavy atom. The number of aliphatic hydroxyl groups excluding tert-OH is 1. The Hall–Kier alpha value is -0.0800. The molecule has 0 radical (unpaired) electrons. The summed E-state index contributed by atoms with van der Waals surface area (Å²) in [6.45, 7) is 2.22. The van der Waals surface area contributed by atoms with Crippen LogP contribution in [0.25, 0.3) is 0 Å². The van der Waals surface area contributed by atoms with E-state index in [0.29, 0.717) is 12.5 Å². The van der Waals surface area contributed by atoms with E-state index >= 15 is 0 Å². The fraction of sp³-hybridized carbons (Fsp3) is 1.00. The first kappa shape index (κ1) is 10.4. The van der Waals surface area contributed by atoms with Gasteiger partial charge in [-0.3, -0.25) is 0 Å². The average Bonchev–Trinajstić information content (AvgIpc) is 2.74. The van der Waals surface area contributed by atoms with Gasteiger partial charge in [0.25, 0.3) is 0 Å². The van der Waals surface area contributed by atoms with E-state index in [2.05, 4.69) is 0 Å². The SMILES string of the molecule is OCC(C1CCCC1)C1CCOCC1. The van der Waals surface area contributed by atoms with Crippen LogP contribution in [0.5, 0.6) is 0 Å². The number of aliphatic hydroxyl groups is 1. The lowest BCUT2D eigenvalue weighted by atomic mass is 9.77. The second kappa shape index (κ2) is 5.13. The third kappa shape index (κ3) is 2.29. The van der Waals surface area contributed by atoms with Crippen LogP contribution in [0.1, 0.15) is 38.5 Å². The van der Waals surface area contributed by atoms with Crippen molar-refractivity contribution in [1.82, 2.24) is 0 Å². The van der Waals surface area contributed by atoms with Gasteiger partial charge in [0.1, 0.15) is 0 Å². The van der Waals surface area contributed by atoms with E-state index in [0.717, 1.165) is 25.0 Å². The van der Waals surface area contributed by atoms with Gasteiger partial charge in [-0.1, -0.05) is 25.7 Å². The number of hydrogen-bond donors (Lipinski definition) is 1. The summed E-state index contributed by atoms with van der Waals surface area (Å²) < 4.78 is 5.38. The molecule has 1 heterocycles. The summed E-state index contributed by atoms with van der Waals surface area (Å²) in [5, 5.41) is 9.50. The molecule has 1 saturated heterocycles. The molecule has 0 spiro atoms. The number of rotatable bonds is 3. The van der Waals surface area contributed by atoms with E-state index in [1.54, 1.807) is 0 Å². The highest BCUT2D eigenvalue weighted by Crippen LogP contribution is 2.38. The fourth-order valence-electron chi connectivity index (χ4n) is 3.21. The maximum atomic E-state index is 9.50. The van der Waals surface area contributed by atoms with Crippen LogP contribution in [0.3, 0.4) is 0 Å². The van der Waals surface area contributed by atoms with Crippen molar-refractivity contribution in [2.75, 3.05) is 19.8 Å². The zero-order valence-electron chi connectivity index (χ0n) is 8.95. The minimum Gasteiger partial charge on any atom is -0.396 e. The molecule has 2 rings (SSSR count). The standard InChI is InChI=1S/C12H22O2/c13-9-12(10-3-1-2-4-10)11-5-7-14-8-6-11/h10-13H,1-9H2. The van der Waals surface area contributed by atoms with Gasteiger partial charge in [-0.25, -0.2) is 0 Å². The van der Waals surface area contributed by atoms with E-state index in [9.17, 15) is 5.11 Å². The van der Waals surface area contributed by atoms with Gasteiger partial charge in [0.15, 0.2) is 0 Å². The fourth-order valence-corrected chi connectivity index (χ4v) is 3.21. The lowest BCUT2D eigenvalue weighted by Crippen LogP contribution is -2.30. The molecule has 1 aliphatic heterocycles. The molecule has 0 bridgehead atoms. The van der Waals surface area contributed by atoms with Crippen LogP contribution in [-0.2, 0) is 4.74 Å². The van der Waals surface area contributed by atoms with Crippen molar-refractivity contribution < 1.29 is 9.84 Å². The lowest BCUT2D eigenvalue weighted by molar-refractivity contribution is 0.0167. The van der Waals surface area contributed by atoms with Crippen molar-refractivity contribution in [3.63, 3.8) is 0 Å². The van der Waals surface area contributed by atoms with Gasteiger partial charge in [-0.2, -0.15) is 0 Å². The predicted octanol–water partition coefficient (Wildman–Crippen LogP) is 2.21. The average molecular weight is 198 g/mol. The Morgan fingerprint density at radius 1 is 1.00 bits per heavy atom. The third-order valence-electron chi connectivity index (χ3n) is 4.09. The van der Waals surface area contributed by atoms with Gasteiger partial charge in [0.2, 0.25) is 0 Å². The van der Waals surface area contributed by atoms with Gasteiger partial charge >= 0.3 is 0 Å². The molecule has 0 aromatic rings. The molecule has 2 heteroatoms. The summed E-state index contributed by atoms with van der Waals surface area (Å²) in [5.74, 6) is 2.11. The zero-order valence-corrected chi connectivity index (χ0v) is 8.95. The summed E-state index contributed by atoms with van der Waals surface area (Å²) >= 11 is 0. The number of hydrogen-bond acceptors (Lipinski definition) is 2. The normalized spacial score (nSPS) is 28.1. The summed E-state index contributed by atoms with van der Waals surface area (Å²) in [4.78, 5) is 0. The second-order valence-corrected chi connectivity index (χ2v) is 4.84. The van der Waals surface area contributed by atoms with Crippen LogP contribution in [0, 0.1) is 17.8 Å². The highest BCUT2D eigenvalue weighted by molar-refractivity contribution is 4.81. The number of ether oxygens (including phenoxy) is 1. The van der Waals surface area contributed by atoms with Crippen molar-refractivity contribution in [2.45, 2.75) is 38.5 Å². The molecule has 82 valence electrons. The first-order chi connectivity index (χ1) is 6.92. The first-order valence-electron chi connectivity index (χ1n) is 6.10. The molecule has 14 heavy (non-hydrogen) atoms. The Bertz CT molecular complexity index is 158. The third-order valence-corrected chi connectivity index (χ3v) is 4.09. The van der Waals surface area contributed by atoms with Crippen LogP contribution in [0.15, 0.2) is 0 Å². The van der Waals surface area contributed by atoms with Crippen molar-refractivity contribution in [3.8, 4) is 0 Å². The quantitative estimate of drug-likeness (QED) is 0.753. The summed E-state index contributed by atoms with van der Waals surface area (Å²) in [6.07, 6.45) is 7.80. The van der Waals surface area contributed by atoms with Crippen LogP contribution in [0.4, 0.5) is 0 Å². The molecular weight excluding hydrogens is 176 g/mol. The van der Waals surface area contributed by atoms with Gasteiger partial charge in [0.05, 0.1) is 0 Å².